The van der Waals surface area contributed by atoms with Crippen LogP contribution in [0.1, 0.15) is 27.2 Å². The topological polar surface area (TPSA) is 32.3 Å². The molecular weight excluding hydrogens is 222 g/mol. The van der Waals surface area contributed by atoms with E-state index in [-0.39, 0.29) is 29.6 Å². The molecule has 0 amide bonds. The van der Waals surface area contributed by atoms with E-state index in [0.717, 1.165) is 6.42 Å². The first kappa shape index (κ1) is 16.4. The average Bonchev–Trinajstić information content (AvgIpc) is 1.86. The number of hydrogen-bond donors (Lipinski definition) is 0. The Balaban J connectivity index is 0. The van der Waals surface area contributed by atoms with Gasteiger partial charge in [0.15, 0.2) is 0 Å². The van der Waals surface area contributed by atoms with Crippen LogP contribution >= 0.6 is 17.1 Å². The third kappa shape index (κ3) is 8.52. The molecule has 0 saturated heterocycles. The SMILES string of the molecule is CCOP([O-])(=S)SC(C)CC.[Na+]. The molecule has 0 aromatic heterocycles. The van der Waals surface area contributed by atoms with Crippen molar-refractivity contribution in [3.05, 3.63) is 0 Å². The normalized spacial score (nSPS) is 17.7. The Kier molecular flexibility index (Phi) is 11.2. The molecular formula is C6H14NaO2PS2. The van der Waals surface area contributed by atoms with Crippen LogP contribution in [-0.2, 0) is 16.3 Å². The third-order valence-corrected chi connectivity index (χ3v) is 5.96. The Morgan fingerprint density at radius 3 is 2.42 bits per heavy atom. The fraction of sp³-hybridized carbons (Fsp3) is 1.00. The molecule has 0 aliphatic carbocycles. The van der Waals surface area contributed by atoms with Crippen LogP contribution in [0.3, 0.4) is 0 Å². The third-order valence-electron chi connectivity index (χ3n) is 1.17. The van der Waals surface area contributed by atoms with Crippen molar-refractivity contribution in [1.82, 2.24) is 0 Å². The van der Waals surface area contributed by atoms with E-state index in [0.29, 0.717) is 11.9 Å². The molecule has 68 valence electrons. The summed E-state index contributed by atoms with van der Waals surface area (Å²) in [4.78, 5) is 11.3. The Bertz CT molecular complexity index is 156. The summed E-state index contributed by atoms with van der Waals surface area (Å²) in [6.07, 6.45) is 0.971. The summed E-state index contributed by atoms with van der Waals surface area (Å²) in [6, 6.07) is 0. The smallest absolute Gasteiger partial charge is 0.793 e. The predicted molar refractivity (Wildman–Crippen MR) is 53.3 cm³/mol. The number of hydrogen-bond acceptors (Lipinski definition) is 4. The van der Waals surface area contributed by atoms with Crippen molar-refractivity contribution < 1.29 is 39.0 Å². The van der Waals surface area contributed by atoms with E-state index < -0.39 is 5.69 Å². The van der Waals surface area contributed by atoms with Gasteiger partial charge in [0.05, 0.1) is 0 Å². The van der Waals surface area contributed by atoms with Gasteiger partial charge in [0.1, 0.15) is 0 Å². The van der Waals surface area contributed by atoms with Gasteiger partial charge in [-0.05, 0) is 13.3 Å². The maximum Gasteiger partial charge on any atom is 1.00 e. The summed E-state index contributed by atoms with van der Waals surface area (Å²) in [6.45, 7) is 6.28. The standard InChI is InChI=1S/C6H15O2PS2.Na/c1-4-6(3)11-9(7,10)8-5-2;/h6H,4-5H2,1-3H3,(H,7,10);/q;+1/p-1. The van der Waals surface area contributed by atoms with Gasteiger partial charge in [-0.15, -0.1) is 11.4 Å². The van der Waals surface area contributed by atoms with Gasteiger partial charge < -0.3 is 9.42 Å². The summed E-state index contributed by atoms with van der Waals surface area (Å²) in [7, 11) is 0. The van der Waals surface area contributed by atoms with Crippen molar-refractivity contribution in [3.63, 3.8) is 0 Å². The maximum atomic E-state index is 11.3. The van der Waals surface area contributed by atoms with Crippen LogP contribution in [0.15, 0.2) is 0 Å². The molecule has 0 bridgehead atoms. The first-order valence-electron chi connectivity index (χ1n) is 3.65. The fourth-order valence-electron chi connectivity index (χ4n) is 0.483. The molecule has 0 aliphatic rings. The van der Waals surface area contributed by atoms with Gasteiger partial charge >= 0.3 is 29.6 Å². The van der Waals surface area contributed by atoms with Crippen molar-refractivity contribution in [3.8, 4) is 0 Å². The fourth-order valence-corrected chi connectivity index (χ4v) is 5.36. The molecule has 6 heteroatoms. The van der Waals surface area contributed by atoms with E-state index in [1.165, 1.54) is 11.4 Å². The van der Waals surface area contributed by atoms with Crippen LogP contribution in [0.25, 0.3) is 0 Å². The largest absolute Gasteiger partial charge is 1.00 e. The van der Waals surface area contributed by atoms with Gasteiger partial charge in [-0.25, -0.2) is 0 Å². The monoisotopic (exact) mass is 236 g/mol. The molecule has 0 saturated carbocycles. The second-order valence-electron chi connectivity index (χ2n) is 2.19. The molecule has 0 heterocycles. The zero-order valence-electron chi connectivity index (χ0n) is 8.07. The zero-order chi connectivity index (χ0) is 8.91. The van der Waals surface area contributed by atoms with Crippen molar-refractivity contribution in [2.75, 3.05) is 6.61 Å². The Labute approximate surface area is 106 Å². The molecule has 2 nitrogen and oxygen atoms in total. The summed E-state index contributed by atoms with van der Waals surface area (Å²) in [5, 5.41) is 0.324. The van der Waals surface area contributed by atoms with E-state index in [9.17, 15) is 4.89 Å². The van der Waals surface area contributed by atoms with E-state index in [1.54, 1.807) is 6.92 Å². The van der Waals surface area contributed by atoms with Gasteiger partial charge in [-0.3, -0.25) is 0 Å². The van der Waals surface area contributed by atoms with E-state index in [2.05, 4.69) is 0 Å². The van der Waals surface area contributed by atoms with E-state index >= 15 is 0 Å². The summed E-state index contributed by atoms with van der Waals surface area (Å²) in [5.41, 5.74) is -2.77. The quantitative estimate of drug-likeness (QED) is 0.459. The minimum absolute atomic E-state index is 0. The molecule has 0 aliphatic heterocycles. The van der Waals surface area contributed by atoms with Crippen molar-refractivity contribution in [1.29, 1.82) is 0 Å². The van der Waals surface area contributed by atoms with Gasteiger partial charge in [0.25, 0.3) is 0 Å². The van der Waals surface area contributed by atoms with Gasteiger partial charge in [-0.1, -0.05) is 25.7 Å². The Hall–Kier alpha value is 1.92. The average molecular weight is 236 g/mol. The molecule has 0 rings (SSSR count). The summed E-state index contributed by atoms with van der Waals surface area (Å²) < 4.78 is 4.94. The van der Waals surface area contributed by atoms with Crippen molar-refractivity contribution in [2.45, 2.75) is 32.4 Å². The zero-order valence-corrected chi connectivity index (χ0v) is 12.6. The summed E-state index contributed by atoms with van der Waals surface area (Å²) in [5.74, 6) is 0. The van der Waals surface area contributed by atoms with Crippen LogP contribution in [0.4, 0.5) is 0 Å². The van der Waals surface area contributed by atoms with Gasteiger partial charge in [0, 0.05) is 17.6 Å². The number of rotatable bonds is 5. The van der Waals surface area contributed by atoms with Crippen molar-refractivity contribution >= 4 is 28.9 Å². The molecule has 0 fully saturated rings. The summed E-state index contributed by atoms with van der Waals surface area (Å²) >= 11 is 6.06. The van der Waals surface area contributed by atoms with Crippen LogP contribution in [-0.4, -0.2) is 11.9 Å². The Morgan fingerprint density at radius 2 is 2.08 bits per heavy atom. The van der Waals surface area contributed by atoms with Crippen LogP contribution < -0.4 is 34.5 Å². The Morgan fingerprint density at radius 1 is 1.58 bits per heavy atom. The van der Waals surface area contributed by atoms with Crippen LogP contribution in [0.5, 0.6) is 0 Å². The predicted octanol–water partition coefficient (Wildman–Crippen LogP) is -0.857. The van der Waals surface area contributed by atoms with Crippen LogP contribution in [0, 0.1) is 0 Å². The molecule has 0 N–H and O–H groups in total. The molecule has 0 radical (unpaired) electrons. The molecule has 0 spiro atoms. The minimum atomic E-state index is -2.77. The van der Waals surface area contributed by atoms with Gasteiger partial charge in [-0.2, -0.15) is 0 Å². The van der Waals surface area contributed by atoms with Crippen molar-refractivity contribution in [2.24, 2.45) is 0 Å². The molecule has 0 aromatic rings. The van der Waals surface area contributed by atoms with Gasteiger partial charge in [0.2, 0.25) is 0 Å². The van der Waals surface area contributed by atoms with E-state index in [4.69, 9.17) is 16.3 Å². The van der Waals surface area contributed by atoms with E-state index in [1.807, 2.05) is 13.8 Å². The molecule has 12 heavy (non-hydrogen) atoms. The molecule has 0 aromatic carbocycles. The first-order chi connectivity index (χ1) is 5.02. The minimum Gasteiger partial charge on any atom is -0.793 e. The second-order valence-corrected chi connectivity index (χ2v) is 8.57. The molecule has 2 unspecified atom stereocenters. The second kappa shape index (κ2) is 8.25. The first-order valence-corrected chi connectivity index (χ1v) is 7.78. The molecule has 2 atom stereocenters. The van der Waals surface area contributed by atoms with Crippen LogP contribution in [0.2, 0.25) is 0 Å². The maximum absolute atomic E-state index is 11.3.